The molecule has 0 aliphatic heterocycles. The van der Waals surface area contributed by atoms with E-state index in [9.17, 15) is 0 Å². The molecule has 1 rings (SSSR count). The van der Waals surface area contributed by atoms with Gasteiger partial charge in [-0.2, -0.15) is 0 Å². The normalized spacial score (nSPS) is 27.6. The van der Waals surface area contributed by atoms with Crippen molar-refractivity contribution in [2.45, 2.75) is 58.9 Å². The van der Waals surface area contributed by atoms with Gasteiger partial charge in [-0.15, -0.1) is 6.58 Å². The van der Waals surface area contributed by atoms with Crippen molar-refractivity contribution in [2.75, 3.05) is 0 Å². The topological polar surface area (TPSA) is 26.0 Å². The zero-order chi connectivity index (χ0) is 10.8. The van der Waals surface area contributed by atoms with Gasteiger partial charge in [-0.1, -0.05) is 25.8 Å². The lowest BCUT2D eigenvalue weighted by atomic mass is 9.76. The van der Waals surface area contributed by atoms with E-state index in [4.69, 9.17) is 5.73 Å². The molecule has 2 atom stereocenters. The maximum absolute atomic E-state index is 6.26. The summed E-state index contributed by atoms with van der Waals surface area (Å²) in [5.74, 6) is 0.724. The van der Waals surface area contributed by atoms with E-state index in [1.807, 2.05) is 0 Å². The van der Waals surface area contributed by atoms with Crippen LogP contribution in [0.15, 0.2) is 12.2 Å². The van der Waals surface area contributed by atoms with E-state index in [1.54, 1.807) is 0 Å². The molecule has 2 N–H and O–H groups in total. The second-order valence-electron chi connectivity index (χ2n) is 5.65. The molecule has 0 aromatic heterocycles. The van der Waals surface area contributed by atoms with Crippen LogP contribution >= 0.6 is 0 Å². The summed E-state index contributed by atoms with van der Waals surface area (Å²) in [5.41, 5.74) is 7.99. The minimum absolute atomic E-state index is 0.379. The van der Waals surface area contributed by atoms with Crippen LogP contribution in [0.1, 0.15) is 52.9 Å². The number of hydrogen-bond donors (Lipinski definition) is 1. The Morgan fingerprint density at radius 1 is 1.57 bits per heavy atom. The van der Waals surface area contributed by atoms with E-state index in [-0.39, 0.29) is 0 Å². The summed E-state index contributed by atoms with van der Waals surface area (Å²) in [4.78, 5) is 0. The lowest BCUT2D eigenvalue weighted by Crippen LogP contribution is -2.36. The van der Waals surface area contributed by atoms with Crippen LogP contribution < -0.4 is 5.73 Å². The standard InChI is InChI=1S/C13H25N/c1-10(2)7-8-12(14)11-6-5-9-13(11,3)4/h11-12H,1,5-9,14H2,2-4H3. The molecule has 1 fully saturated rings. The summed E-state index contributed by atoms with van der Waals surface area (Å²) in [6, 6.07) is 0.379. The van der Waals surface area contributed by atoms with E-state index in [0.29, 0.717) is 11.5 Å². The Morgan fingerprint density at radius 3 is 2.64 bits per heavy atom. The van der Waals surface area contributed by atoms with Gasteiger partial charge >= 0.3 is 0 Å². The summed E-state index contributed by atoms with van der Waals surface area (Å²) in [6.45, 7) is 10.8. The SMILES string of the molecule is C=C(C)CCC(N)C1CCCC1(C)C. The predicted molar refractivity (Wildman–Crippen MR) is 63.1 cm³/mol. The van der Waals surface area contributed by atoms with E-state index in [1.165, 1.54) is 24.8 Å². The molecule has 0 saturated heterocycles. The quantitative estimate of drug-likeness (QED) is 0.683. The van der Waals surface area contributed by atoms with Gasteiger partial charge in [0.05, 0.1) is 0 Å². The third-order valence-electron chi connectivity index (χ3n) is 3.76. The smallest absolute Gasteiger partial charge is 0.00753 e. The molecule has 0 spiro atoms. The first-order chi connectivity index (χ1) is 6.43. The van der Waals surface area contributed by atoms with Crippen molar-refractivity contribution in [3.05, 3.63) is 12.2 Å². The first-order valence-electron chi connectivity index (χ1n) is 5.83. The van der Waals surface area contributed by atoms with E-state index in [0.717, 1.165) is 18.8 Å². The molecule has 0 radical (unpaired) electrons. The molecule has 0 amide bonds. The second-order valence-corrected chi connectivity index (χ2v) is 5.65. The average Bonchev–Trinajstić information content (AvgIpc) is 2.41. The highest BCUT2D eigenvalue weighted by Gasteiger charge is 2.37. The van der Waals surface area contributed by atoms with Gasteiger partial charge in [0, 0.05) is 6.04 Å². The van der Waals surface area contributed by atoms with Crippen molar-refractivity contribution in [3.8, 4) is 0 Å². The molecule has 0 aromatic rings. The third-order valence-corrected chi connectivity index (χ3v) is 3.76. The molecule has 0 bridgehead atoms. The number of allylic oxidation sites excluding steroid dienone is 1. The van der Waals surface area contributed by atoms with Gasteiger partial charge in [-0.05, 0) is 43.9 Å². The highest BCUT2D eigenvalue weighted by molar-refractivity contribution is 4.94. The molecule has 1 saturated carbocycles. The van der Waals surface area contributed by atoms with Crippen LogP contribution in [-0.2, 0) is 0 Å². The third kappa shape index (κ3) is 2.84. The van der Waals surface area contributed by atoms with Crippen molar-refractivity contribution < 1.29 is 0 Å². The lowest BCUT2D eigenvalue weighted by Gasteiger charge is -2.32. The minimum atomic E-state index is 0.379. The Labute approximate surface area is 88.8 Å². The molecule has 0 heterocycles. The fraction of sp³-hybridized carbons (Fsp3) is 0.846. The van der Waals surface area contributed by atoms with Crippen molar-refractivity contribution in [3.63, 3.8) is 0 Å². The van der Waals surface area contributed by atoms with Crippen molar-refractivity contribution >= 4 is 0 Å². The van der Waals surface area contributed by atoms with Crippen molar-refractivity contribution in [2.24, 2.45) is 17.1 Å². The van der Waals surface area contributed by atoms with E-state index >= 15 is 0 Å². The largest absolute Gasteiger partial charge is 0.327 e. The lowest BCUT2D eigenvalue weighted by molar-refractivity contribution is 0.214. The predicted octanol–water partition coefficient (Wildman–Crippen LogP) is 3.50. The summed E-state index contributed by atoms with van der Waals surface area (Å²) in [7, 11) is 0. The number of hydrogen-bond acceptors (Lipinski definition) is 1. The van der Waals surface area contributed by atoms with Gasteiger partial charge in [0.2, 0.25) is 0 Å². The molecule has 14 heavy (non-hydrogen) atoms. The van der Waals surface area contributed by atoms with E-state index < -0.39 is 0 Å². The molecule has 1 heteroatoms. The van der Waals surface area contributed by atoms with Crippen molar-refractivity contribution in [1.82, 2.24) is 0 Å². The Bertz CT molecular complexity index is 205. The summed E-state index contributed by atoms with van der Waals surface area (Å²) in [6.07, 6.45) is 6.23. The molecule has 2 unspecified atom stereocenters. The molecule has 1 nitrogen and oxygen atoms in total. The first-order valence-corrected chi connectivity index (χ1v) is 5.83. The highest BCUT2D eigenvalue weighted by atomic mass is 14.7. The molecule has 1 aliphatic rings. The Balaban J connectivity index is 2.43. The number of nitrogens with two attached hydrogens (primary N) is 1. The fourth-order valence-electron chi connectivity index (χ4n) is 2.76. The van der Waals surface area contributed by atoms with Gasteiger partial charge < -0.3 is 5.73 Å². The van der Waals surface area contributed by atoms with Gasteiger partial charge in [0.25, 0.3) is 0 Å². The molecule has 1 aliphatic carbocycles. The van der Waals surface area contributed by atoms with Crippen LogP contribution in [0.3, 0.4) is 0 Å². The van der Waals surface area contributed by atoms with Gasteiger partial charge in [-0.25, -0.2) is 0 Å². The first kappa shape index (κ1) is 11.8. The summed E-state index contributed by atoms with van der Waals surface area (Å²) >= 11 is 0. The fourth-order valence-corrected chi connectivity index (χ4v) is 2.76. The zero-order valence-corrected chi connectivity index (χ0v) is 9.97. The maximum atomic E-state index is 6.26. The molecule has 0 aromatic carbocycles. The van der Waals surface area contributed by atoms with Gasteiger partial charge in [0.1, 0.15) is 0 Å². The van der Waals surface area contributed by atoms with Gasteiger partial charge in [-0.3, -0.25) is 0 Å². The maximum Gasteiger partial charge on any atom is 0.00753 e. The van der Waals surface area contributed by atoms with E-state index in [2.05, 4.69) is 27.4 Å². The Kier molecular flexibility index (Phi) is 3.77. The molecular weight excluding hydrogens is 170 g/mol. The summed E-state index contributed by atoms with van der Waals surface area (Å²) in [5, 5.41) is 0. The Hall–Kier alpha value is -0.300. The van der Waals surface area contributed by atoms with Crippen LogP contribution in [0.25, 0.3) is 0 Å². The van der Waals surface area contributed by atoms with Crippen LogP contribution in [0, 0.1) is 11.3 Å². The summed E-state index contributed by atoms with van der Waals surface area (Å²) < 4.78 is 0. The van der Waals surface area contributed by atoms with Gasteiger partial charge in [0.15, 0.2) is 0 Å². The monoisotopic (exact) mass is 195 g/mol. The van der Waals surface area contributed by atoms with Crippen LogP contribution in [0.5, 0.6) is 0 Å². The Morgan fingerprint density at radius 2 is 2.21 bits per heavy atom. The minimum Gasteiger partial charge on any atom is -0.327 e. The molecule has 82 valence electrons. The van der Waals surface area contributed by atoms with Crippen LogP contribution in [0.4, 0.5) is 0 Å². The molecular formula is C13H25N. The zero-order valence-electron chi connectivity index (χ0n) is 9.97. The van der Waals surface area contributed by atoms with Crippen LogP contribution in [-0.4, -0.2) is 6.04 Å². The number of rotatable bonds is 4. The van der Waals surface area contributed by atoms with Crippen molar-refractivity contribution in [1.29, 1.82) is 0 Å². The second kappa shape index (κ2) is 4.48. The average molecular weight is 195 g/mol. The van der Waals surface area contributed by atoms with Crippen LogP contribution in [0.2, 0.25) is 0 Å². The highest BCUT2D eigenvalue weighted by Crippen LogP contribution is 2.44.